The summed E-state index contributed by atoms with van der Waals surface area (Å²) in [6.07, 6.45) is 3.32. The van der Waals surface area contributed by atoms with Crippen LogP contribution in [0.4, 0.5) is 4.79 Å². The molecule has 0 radical (unpaired) electrons. The number of nitrogens with one attached hydrogen (secondary N) is 2. The van der Waals surface area contributed by atoms with E-state index in [0.29, 0.717) is 24.6 Å². The van der Waals surface area contributed by atoms with Gasteiger partial charge >= 0.3 is 12.0 Å². The van der Waals surface area contributed by atoms with Crippen molar-refractivity contribution in [1.82, 2.24) is 10.6 Å². The maximum atomic E-state index is 11.4. The minimum absolute atomic E-state index is 0.398. The number of rotatable bonds is 8. The molecule has 2 atom stereocenters. The maximum absolute atomic E-state index is 11.4. The fourth-order valence-corrected chi connectivity index (χ4v) is 1.59. The molecule has 0 spiro atoms. The molecule has 3 N–H and O–H groups in total. The highest BCUT2D eigenvalue weighted by Gasteiger charge is 2.19. The van der Waals surface area contributed by atoms with Gasteiger partial charge in [0.25, 0.3) is 0 Å². The van der Waals surface area contributed by atoms with Gasteiger partial charge in [0.05, 0.1) is 0 Å². The van der Waals surface area contributed by atoms with E-state index in [9.17, 15) is 9.59 Å². The summed E-state index contributed by atoms with van der Waals surface area (Å²) in [6, 6.07) is -1.21. The van der Waals surface area contributed by atoms with Gasteiger partial charge in [0.2, 0.25) is 0 Å². The number of hydrogen-bond acceptors (Lipinski definition) is 3. The molecule has 0 aromatic heterocycles. The number of carbonyl (C=O) groups is 2. The smallest absolute Gasteiger partial charge is 0.326 e. The van der Waals surface area contributed by atoms with Gasteiger partial charge in [0.15, 0.2) is 0 Å². The van der Waals surface area contributed by atoms with Crippen LogP contribution in [0.3, 0.4) is 0 Å². The topological polar surface area (TPSA) is 78.4 Å². The molecule has 0 aliphatic rings. The number of aliphatic carboxylic acids is 1. The zero-order chi connectivity index (χ0) is 13.3. The molecule has 0 fully saturated rings. The fourth-order valence-electron chi connectivity index (χ4n) is 1.11. The van der Waals surface area contributed by atoms with Crippen LogP contribution in [-0.4, -0.2) is 41.7 Å². The molecule has 6 heteroatoms. The van der Waals surface area contributed by atoms with Gasteiger partial charge in [-0.3, -0.25) is 0 Å². The summed E-state index contributed by atoms with van der Waals surface area (Å²) in [5.74, 6) is 0.121. The van der Waals surface area contributed by atoms with E-state index in [1.54, 1.807) is 11.8 Å². The first-order chi connectivity index (χ1) is 8.01. The minimum Gasteiger partial charge on any atom is -0.480 e. The molecule has 0 aliphatic heterocycles. The number of urea groups is 1. The summed E-state index contributed by atoms with van der Waals surface area (Å²) in [6.45, 7) is 4.64. The molecular formula is C11H22N2O3S. The molecule has 100 valence electrons. The highest BCUT2D eigenvalue weighted by Crippen LogP contribution is 2.01. The van der Waals surface area contributed by atoms with Crippen molar-refractivity contribution in [3.63, 3.8) is 0 Å². The lowest BCUT2D eigenvalue weighted by atomic mass is 10.1. The summed E-state index contributed by atoms with van der Waals surface area (Å²) in [5, 5.41) is 14.1. The van der Waals surface area contributed by atoms with Crippen LogP contribution in [0.2, 0.25) is 0 Å². The van der Waals surface area contributed by atoms with Gasteiger partial charge in [-0.2, -0.15) is 11.8 Å². The van der Waals surface area contributed by atoms with Crippen molar-refractivity contribution in [2.75, 3.05) is 18.6 Å². The molecule has 0 bridgehead atoms. The molecule has 0 aromatic carbocycles. The second-order valence-corrected chi connectivity index (χ2v) is 5.03. The Bertz CT molecular complexity index is 249. The maximum Gasteiger partial charge on any atom is 0.326 e. The van der Waals surface area contributed by atoms with Crippen molar-refractivity contribution >= 4 is 23.8 Å². The third-order valence-electron chi connectivity index (χ3n) is 2.52. The van der Waals surface area contributed by atoms with E-state index in [1.807, 2.05) is 20.1 Å². The van der Waals surface area contributed by atoms with Crippen molar-refractivity contribution in [2.24, 2.45) is 5.92 Å². The Labute approximate surface area is 107 Å². The Balaban J connectivity index is 3.99. The van der Waals surface area contributed by atoms with E-state index in [1.165, 1.54) is 0 Å². The van der Waals surface area contributed by atoms with Crippen molar-refractivity contribution in [2.45, 2.75) is 32.7 Å². The van der Waals surface area contributed by atoms with E-state index in [2.05, 4.69) is 10.6 Å². The Hall–Kier alpha value is -0.910. The molecule has 0 saturated heterocycles. The number of carboxylic acids is 1. The second-order valence-electron chi connectivity index (χ2n) is 4.04. The van der Waals surface area contributed by atoms with Gasteiger partial charge in [-0.1, -0.05) is 20.3 Å². The van der Waals surface area contributed by atoms with Crippen LogP contribution in [0.5, 0.6) is 0 Å². The summed E-state index contributed by atoms with van der Waals surface area (Å²) < 4.78 is 0. The molecule has 0 heterocycles. The first-order valence-electron chi connectivity index (χ1n) is 5.77. The number of thioether (sulfide) groups is 1. The highest BCUT2D eigenvalue weighted by atomic mass is 32.2. The number of carboxylic acid groups (broad SMARTS) is 1. The SMILES string of the molecule is CCC(C)CNC(=O)N[C@H](CCSC)C(=O)O. The molecular weight excluding hydrogens is 240 g/mol. The largest absolute Gasteiger partial charge is 0.480 e. The zero-order valence-corrected chi connectivity index (χ0v) is 11.5. The Kier molecular flexibility index (Phi) is 8.66. The summed E-state index contributed by atoms with van der Waals surface area (Å²) in [4.78, 5) is 22.3. The van der Waals surface area contributed by atoms with Gasteiger partial charge in [-0.05, 0) is 24.3 Å². The minimum atomic E-state index is -0.988. The van der Waals surface area contributed by atoms with Crippen LogP contribution < -0.4 is 10.6 Å². The summed E-state index contributed by atoms with van der Waals surface area (Å²) in [7, 11) is 0. The predicted molar refractivity (Wildman–Crippen MR) is 70.4 cm³/mol. The first kappa shape index (κ1) is 16.1. The van der Waals surface area contributed by atoms with Crippen LogP contribution in [0.25, 0.3) is 0 Å². The van der Waals surface area contributed by atoms with Crippen molar-refractivity contribution in [1.29, 1.82) is 0 Å². The van der Waals surface area contributed by atoms with Crippen molar-refractivity contribution < 1.29 is 14.7 Å². The van der Waals surface area contributed by atoms with Crippen LogP contribution in [0.1, 0.15) is 26.7 Å². The average Bonchev–Trinajstić information content (AvgIpc) is 2.30. The predicted octanol–water partition coefficient (Wildman–Crippen LogP) is 1.54. The quantitative estimate of drug-likeness (QED) is 0.620. The van der Waals surface area contributed by atoms with Crippen LogP contribution in [0.15, 0.2) is 0 Å². The lowest BCUT2D eigenvalue weighted by Gasteiger charge is -2.16. The molecule has 17 heavy (non-hydrogen) atoms. The van der Waals surface area contributed by atoms with Gasteiger partial charge in [-0.25, -0.2) is 9.59 Å². The number of amides is 2. The number of hydrogen-bond donors (Lipinski definition) is 3. The molecule has 1 unspecified atom stereocenters. The molecule has 0 saturated carbocycles. The molecule has 2 amide bonds. The first-order valence-corrected chi connectivity index (χ1v) is 7.16. The van der Waals surface area contributed by atoms with Crippen molar-refractivity contribution in [3.8, 4) is 0 Å². The highest BCUT2D eigenvalue weighted by molar-refractivity contribution is 7.98. The van der Waals surface area contributed by atoms with Crippen molar-refractivity contribution in [3.05, 3.63) is 0 Å². The Morgan fingerprint density at radius 2 is 2.06 bits per heavy atom. The van der Waals surface area contributed by atoms with E-state index in [-0.39, 0.29) is 0 Å². The molecule has 0 aromatic rings. The van der Waals surface area contributed by atoms with Gasteiger partial charge in [0.1, 0.15) is 6.04 Å². The van der Waals surface area contributed by atoms with Crippen LogP contribution in [-0.2, 0) is 4.79 Å². The van der Waals surface area contributed by atoms with Crippen LogP contribution >= 0.6 is 11.8 Å². The van der Waals surface area contributed by atoms with E-state index in [4.69, 9.17) is 5.11 Å². The standard InChI is InChI=1S/C11H22N2O3S/c1-4-8(2)7-12-11(16)13-9(10(14)15)5-6-17-3/h8-9H,4-7H2,1-3H3,(H,14,15)(H2,12,13,16)/t8?,9-/m1/s1. The molecule has 0 rings (SSSR count). The third kappa shape index (κ3) is 7.90. The van der Waals surface area contributed by atoms with Gasteiger partial charge < -0.3 is 15.7 Å². The zero-order valence-electron chi connectivity index (χ0n) is 10.7. The molecule has 0 aliphatic carbocycles. The van der Waals surface area contributed by atoms with E-state index < -0.39 is 18.0 Å². The summed E-state index contributed by atoms with van der Waals surface area (Å²) >= 11 is 1.56. The lowest BCUT2D eigenvalue weighted by molar-refractivity contribution is -0.139. The monoisotopic (exact) mass is 262 g/mol. The molecule has 5 nitrogen and oxygen atoms in total. The van der Waals surface area contributed by atoms with Crippen LogP contribution in [0, 0.1) is 5.92 Å². The van der Waals surface area contributed by atoms with E-state index in [0.717, 1.165) is 6.42 Å². The fraction of sp³-hybridized carbons (Fsp3) is 0.818. The Morgan fingerprint density at radius 1 is 1.41 bits per heavy atom. The normalized spacial score (nSPS) is 13.8. The lowest BCUT2D eigenvalue weighted by Crippen LogP contribution is -2.47. The summed E-state index contributed by atoms with van der Waals surface area (Å²) in [5.41, 5.74) is 0. The Morgan fingerprint density at radius 3 is 2.53 bits per heavy atom. The van der Waals surface area contributed by atoms with E-state index >= 15 is 0 Å². The number of carbonyl (C=O) groups excluding carboxylic acids is 1. The third-order valence-corrected chi connectivity index (χ3v) is 3.17. The van der Waals surface area contributed by atoms with Gasteiger partial charge in [-0.15, -0.1) is 0 Å². The average molecular weight is 262 g/mol. The van der Waals surface area contributed by atoms with Gasteiger partial charge in [0, 0.05) is 6.54 Å². The second kappa shape index (κ2) is 9.15.